The summed E-state index contributed by atoms with van der Waals surface area (Å²) in [7, 11) is -10.6. The number of likely N-dealkylation sites (N-methyl/N-ethyl adjacent to an activating group) is 1. The summed E-state index contributed by atoms with van der Waals surface area (Å²) < 4.78 is 240. The monoisotopic (exact) mass is 2170 g/mol. The lowest BCUT2D eigenvalue weighted by molar-refractivity contribution is -0.131. The standard InChI is InChI=1S/C19H23F2N7O3S.C18H20F2N8O3S.2C18H21F2N7O2S.C16H16F2N6O2/c1-19(29)6-12(7-25-32(2,30)31)9-27(10-19)17-5-14(23-11-24-17)15-8-22-16-4-3-13(18(20)21)26-28(15)16;1-26-11(6-24-32(2,30)31)8-27(9-17(26)29)16-5-13(22-10-23-16)14-7-21-15-4-3-12(18(19)20)25-28(14)15;1-11-5-12(7-24-30(2,28)29)9-26(11)17-6-14(22-10-23-17)15-8-21-16-4-3-13(18(19)20)25-27(15)16;1-30(2,28)24-8-12-10-26(5-6-29-12)17-7-14(22-11-23-17)15-9-21-16-4-3-13(18(19)20)25-27(15)16;17-16(18)11-1-2-14-19-6-13(24(14)22-11)12-5-15(21-9-20-12)23-3-4-26-10(7-23)8-25/h3-5,8,11-12,18,25,29H,6-7,9-10H2,1-2H3;3-5,7,10-11,18,24H,6,8-9H2,1-2H3;3-4,6,8,10-12,18,24H,5,7,9H2,1-2H3;3-4,7,9,11-12,18H,5-6,8,10H2,1-2H3;1-2,5-6,9-10,16,25H,3-4,7-8H2/t;11-;;12-;10-/m.1.10/s1. The molecule has 7 atom stereocenters. The van der Waals surface area contributed by atoms with Crippen molar-refractivity contribution in [1.29, 1.82) is 0 Å². The van der Waals surface area contributed by atoms with Gasteiger partial charge in [-0.25, -0.2) is 185 Å². The van der Waals surface area contributed by atoms with Crippen LogP contribution in [0.2, 0.25) is 0 Å². The number of carbonyl (C=O) groups excluding carboxylic acids is 1. The van der Waals surface area contributed by atoms with Crippen LogP contribution >= 0.6 is 0 Å². The van der Waals surface area contributed by atoms with Crippen molar-refractivity contribution in [3.63, 3.8) is 0 Å². The highest BCUT2D eigenvalue weighted by Crippen LogP contribution is 2.36. The molecule has 798 valence electrons. The number of imidazole rings is 5. The fraction of sp³-hybridized carbons (Fsp3) is 0.427. The van der Waals surface area contributed by atoms with Crippen LogP contribution in [0, 0.1) is 11.8 Å². The van der Waals surface area contributed by atoms with Gasteiger partial charge in [0.15, 0.2) is 28.2 Å². The number of rotatable bonds is 27. The number of amides is 1. The van der Waals surface area contributed by atoms with Crippen LogP contribution in [-0.4, -0.2) is 346 Å². The van der Waals surface area contributed by atoms with E-state index in [0.29, 0.717) is 199 Å². The third kappa shape index (κ3) is 27.3. The van der Waals surface area contributed by atoms with Crippen LogP contribution in [-0.2, 0) is 54.1 Å². The zero-order valence-electron chi connectivity index (χ0n) is 81.2. The molecule has 5 fully saturated rings. The lowest BCUT2D eigenvalue weighted by Gasteiger charge is -2.42. The van der Waals surface area contributed by atoms with Gasteiger partial charge in [0, 0.05) is 138 Å². The molecule has 61 heteroatoms. The maximum atomic E-state index is 13.1. The maximum Gasteiger partial charge on any atom is 0.282 e. The normalized spacial score (nSPS) is 19.1. The number of hydrogen-bond acceptors (Lipinski definition) is 38. The molecular weight excluding hydrogens is 2070 g/mol. The molecule has 0 aliphatic carbocycles. The number of fused-ring (bicyclic) bond motifs is 5. The first-order valence-corrected chi connectivity index (χ1v) is 54.1. The minimum atomic E-state index is -3.42. The fourth-order valence-electron chi connectivity index (χ4n) is 17.1. The third-order valence-electron chi connectivity index (χ3n) is 24.2. The molecule has 20 rings (SSSR count). The molecule has 0 aromatic carbocycles. The van der Waals surface area contributed by atoms with Crippen LogP contribution in [0.15, 0.2) is 158 Å². The number of aliphatic hydroxyl groups excluding tert-OH is 1. The number of morpholine rings is 2. The Bertz CT molecular complexity index is 7850. The number of ether oxygens (including phenoxy) is 2. The highest BCUT2D eigenvalue weighted by molar-refractivity contribution is 7.92. The van der Waals surface area contributed by atoms with Gasteiger partial charge in [0.05, 0.1) is 135 Å². The maximum absolute atomic E-state index is 13.1. The molecule has 5 N–H and O–H groups in total. The Morgan fingerprint density at radius 3 is 1.10 bits per heavy atom. The predicted molar refractivity (Wildman–Crippen MR) is 526 cm³/mol. The second-order valence-corrected chi connectivity index (χ2v) is 44.3. The highest BCUT2D eigenvalue weighted by atomic mass is 32.2. The number of hydrogen-bond donors (Lipinski definition) is 5. The summed E-state index contributed by atoms with van der Waals surface area (Å²) in [5.74, 6) is 2.76. The molecule has 4 unspecified atom stereocenters. The number of piperidine rings is 1. The van der Waals surface area contributed by atoms with Crippen molar-refractivity contribution in [3.05, 3.63) is 182 Å². The average molecular weight is 2170 g/mol. The van der Waals surface area contributed by atoms with Crippen molar-refractivity contribution >= 4 is 103 Å². The van der Waals surface area contributed by atoms with Crippen molar-refractivity contribution in [3.8, 4) is 56.9 Å². The highest BCUT2D eigenvalue weighted by Gasteiger charge is 2.38. The van der Waals surface area contributed by atoms with Crippen LogP contribution in [0.1, 0.15) is 87.3 Å². The van der Waals surface area contributed by atoms with E-state index in [1.165, 1.54) is 138 Å². The topological polar surface area (TPSA) is 543 Å². The van der Waals surface area contributed by atoms with Gasteiger partial charge in [-0.05, 0) is 99.2 Å². The van der Waals surface area contributed by atoms with Gasteiger partial charge in [-0.2, -0.15) is 25.5 Å². The van der Waals surface area contributed by atoms with Gasteiger partial charge in [0.2, 0.25) is 36.0 Å². The summed E-state index contributed by atoms with van der Waals surface area (Å²) in [6.45, 7) is 9.69. The van der Waals surface area contributed by atoms with E-state index in [4.69, 9.17) is 9.47 Å². The molecule has 5 aliphatic heterocycles. The summed E-state index contributed by atoms with van der Waals surface area (Å²) in [5.41, 5.74) is 3.96. The molecule has 15 aromatic heterocycles. The molecule has 0 saturated carbocycles. The number of halogens is 10. The van der Waals surface area contributed by atoms with Crippen LogP contribution in [0.25, 0.3) is 85.2 Å². The molecule has 1 amide bonds. The number of sulfonamides is 3. The van der Waals surface area contributed by atoms with E-state index < -0.39 is 89.3 Å². The second kappa shape index (κ2) is 46.1. The second-order valence-electron chi connectivity index (χ2n) is 36.2. The van der Waals surface area contributed by atoms with Gasteiger partial charge in [-0.3, -0.25) is 9.00 Å². The quantitative estimate of drug-likeness (QED) is 0.0329. The first-order chi connectivity index (χ1) is 71.3. The number of nitrogens with one attached hydrogen (secondary N) is 3. The van der Waals surface area contributed by atoms with Gasteiger partial charge in [-0.15, -0.1) is 0 Å². The predicted octanol–water partition coefficient (Wildman–Crippen LogP) is 6.84. The Morgan fingerprint density at radius 2 is 0.747 bits per heavy atom. The van der Waals surface area contributed by atoms with Gasteiger partial charge >= 0.3 is 0 Å². The van der Waals surface area contributed by atoms with Gasteiger partial charge < -0.3 is 49.1 Å². The number of nitrogens with zero attached hydrogens (tertiary/aromatic N) is 32. The molecular formula is C89H101F10N35O12S4. The number of piperazine rings is 1. The summed E-state index contributed by atoms with van der Waals surface area (Å²) in [6.07, 6.45) is 8.23. The van der Waals surface area contributed by atoms with Crippen molar-refractivity contribution in [2.45, 2.75) is 88.7 Å². The lowest BCUT2D eigenvalue weighted by atomic mass is 9.87. The number of β-amino-alcohol motifs (C(OH)–C–C–N with tert-alkyl or cyclic N) is 1. The summed E-state index contributed by atoms with van der Waals surface area (Å²) in [6, 6.07) is 21.9. The van der Waals surface area contributed by atoms with Crippen LogP contribution < -0.4 is 38.7 Å². The van der Waals surface area contributed by atoms with E-state index in [2.05, 4.69) is 124 Å². The SMILES string of the molecule is CC1(O)CC(CNS(C)(=O)=O)CN(c2cc(-c3cnc4ccc(C(F)F)nn34)ncn2)C1.CC1CC(CNS(C)(=O)=O)CN1c1cc(-c2cnc3ccc(C(F)F)nn23)ncn1.CN1C(=O)CN(c2cc(-c3cnc4ccc(C(F)F)nn34)ncn2)C[C@H]1CNS(C)(=O)=O.CS(C)(=O)=NC[C@@H]1CN(c2cc(-c3cnc4ccc(C(F)F)nn34)ncn2)CCO1.OC[C@@H]1CN(c2cc(-c3cnc4ccc(C(F)F)nn34)ncn2)CCO1. The average Bonchev–Trinajstić information content (AvgIpc) is 1.58. The van der Waals surface area contributed by atoms with E-state index in [-0.39, 0.29) is 85.0 Å². The molecule has 20 heterocycles. The lowest BCUT2D eigenvalue weighted by Crippen LogP contribution is -2.58. The van der Waals surface area contributed by atoms with E-state index in [0.717, 1.165) is 25.2 Å². The number of carbonyl (C=O) groups is 1. The minimum absolute atomic E-state index is 0.0449. The zero-order chi connectivity index (χ0) is 107. The number of aliphatic hydroxyl groups is 2. The largest absolute Gasteiger partial charge is 0.394 e. The summed E-state index contributed by atoms with van der Waals surface area (Å²) >= 11 is 0. The Balaban J connectivity index is 0.000000134. The van der Waals surface area contributed by atoms with E-state index in [9.17, 15) is 88.4 Å². The molecule has 15 aromatic rings. The summed E-state index contributed by atoms with van der Waals surface area (Å²) in [5, 5.41) is 39.8. The molecule has 5 aliphatic rings. The van der Waals surface area contributed by atoms with E-state index in [1.54, 1.807) is 74.1 Å². The van der Waals surface area contributed by atoms with Gasteiger partial charge in [-0.1, -0.05) is 0 Å². The van der Waals surface area contributed by atoms with E-state index in [1.807, 2.05) is 21.6 Å². The fourth-order valence-corrected chi connectivity index (χ4v) is 19.2. The molecule has 0 radical (unpaired) electrons. The third-order valence-corrected chi connectivity index (χ3v) is 27.1. The molecule has 150 heavy (non-hydrogen) atoms. The Hall–Kier alpha value is -14.2. The minimum Gasteiger partial charge on any atom is -0.394 e. The first kappa shape index (κ1) is 109. The first-order valence-electron chi connectivity index (χ1n) is 46.1. The number of anilines is 5. The van der Waals surface area contributed by atoms with E-state index >= 15 is 0 Å². The van der Waals surface area contributed by atoms with Gasteiger partial charge in [0.1, 0.15) is 118 Å². The van der Waals surface area contributed by atoms with Crippen molar-refractivity contribution < 1.29 is 97.8 Å². The number of aromatic nitrogens is 25. The summed E-state index contributed by atoms with van der Waals surface area (Å²) in [4.78, 5) is 87.4. The molecule has 47 nitrogen and oxygen atoms in total. The molecule has 0 spiro atoms. The zero-order valence-corrected chi connectivity index (χ0v) is 84.5. The number of alkyl halides is 10. The van der Waals surface area contributed by atoms with Crippen molar-refractivity contribution in [2.24, 2.45) is 16.2 Å². The van der Waals surface area contributed by atoms with Crippen LogP contribution in [0.5, 0.6) is 0 Å². The van der Waals surface area contributed by atoms with Gasteiger partial charge in [0.25, 0.3) is 32.1 Å². The Kier molecular flexibility index (Phi) is 33.3. The molecule has 5 saturated heterocycles. The smallest absolute Gasteiger partial charge is 0.282 e. The van der Waals surface area contributed by atoms with Crippen molar-refractivity contribution in [1.82, 2.24) is 142 Å². The van der Waals surface area contributed by atoms with Crippen LogP contribution in [0.4, 0.5) is 73.0 Å². The van der Waals surface area contributed by atoms with Crippen molar-refractivity contribution in [2.75, 3.05) is 168 Å². The van der Waals surface area contributed by atoms with Crippen LogP contribution in [0.3, 0.4) is 0 Å². The Morgan fingerprint density at radius 1 is 0.420 bits per heavy atom. The Labute approximate surface area is 849 Å². The molecule has 0 bridgehead atoms.